The lowest BCUT2D eigenvalue weighted by molar-refractivity contribution is 0.265. The minimum absolute atomic E-state index is 0.178. The van der Waals surface area contributed by atoms with Gasteiger partial charge >= 0.3 is 0 Å². The number of hydrogen-bond donors (Lipinski definition) is 1. The Kier molecular flexibility index (Phi) is 3.28. The van der Waals surface area contributed by atoms with Gasteiger partial charge in [0.1, 0.15) is 0 Å². The van der Waals surface area contributed by atoms with Crippen molar-refractivity contribution in [3.05, 3.63) is 11.7 Å². The van der Waals surface area contributed by atoms with Crippen LogP contribution in [0.5, 0.6) is 0 Å². The Labute approximate surface area is 96.8 Å². The first-order chi connectivity index (χ1) is 7.58. The molecule has 0 bridgehead atoms. The highest BCUT2D eigenvalue weighted by molar-refractivity contribution is 4.96. The molecule has 16 heavy (non-hydrogen) atoms. The van der Waals surface area contributed by atoms with Crippen molar-refractivity contribution >= 4 is 0 Å². The molecule has 1 heterocycles. The summed E-state index contributed by atoms with van der Waals surface area (Å²) in [4.78, 5) is 4.32. The maximum Gasteiger partial charge on any atom is 0.244 e. The standard InChI is InChI=1S/C12H21N3O/c1-7(2)11(12-14-9(4)15-16-12)13-8(3)10-5-6-10/h7-8,10-11,13H,5-6H2,1-4H3. The number of rotatable bonds is 5. The van der Waals surface area contributed by atoms with Crippen molar-refractivity contribution in [2.24, 2.45) is 11.8 Å². The van der Waals surface area contributed by atoms with Crippen LogP contribution in [0.25, 0.3) is 0 Å². The molecule has 2 rings (SSSR count). The molecule has 1 saturated carbocycles. The maximum atomic E-state index is 5.27. The molecule has 0 saturated heterocycles. The zero-order chi connectivity index (χ0) is 11.7. The average molecular weight is 223 g/mol. The molecule has 0 aromatic carbocycles. The third kappa shape index (κ3) is 2.61. The van der Waals surface area contributed by atoms with Gasteiger partial charge in [-0.3, -0.25) is 0 Å². The van der Waals surface area contributed by atoms with Crippen LogP contribution in [0.15, 0.2) is 4.52 Å². The second kappa shape index (κ2) is 4.53. The van der Waals surface area contributed by atoms with Crippen molar-refractivity contribution in [3.8, 4) is 0 Å². The van der Waals surface area contributed by atoms with Crippen LogP contribution in [-0.4, -0.2) is 16.2 Å². The van der Waals surface area contributed by atoms with Crippen LogP contribution in [0.4, 0.5) is 0 Å². The van der Waals surface area contributed by atoms with E-state index in [0.29, 0.717) is 17.8 Å². The summed E-state index contributed by atoms with van der Waals surface area (Å²) < 4.78 is 5.27. The zero-order valence-corrected chi connectivity index (χ0v) is 10.5. The topological polar surface area (TPSA) is 51.0 Å². The van der Waals surface area contributed by atoms with E-state index in [1.54, 1.807) is 0 Å². The molecule has 0 aliphatic heterocycles. The van der Waals surface area contributed by atoms with Gasteiger partial charge in [-0.25, -0.2) is 0 Å². The molecule has 0 spiro atoms. The Morgan fingerprint density at radius 2 is 2.00 bits per heavy atom. The predicted octanol–water partition coefficient (Wildman–Crippen LogP) is 2.46. The fraction of sp³-hybridized carbons (Fsp3) is 0.833. The third-order valence-electron chi connectivity index (χ3n) is 3.25. The van der Waals surface area contributed by atoms with E-state index in [1.165, 1.54) is 12.8 Å². The SMILES string of the molecule is Cc1noc(C(NC(C)C2CC2)C(C)C)n1. The van der Waals surface area contributed by atoms with Gasteiger partial charge in [-0.05, 0) is 38.5 Å². The van der Waals surface area contributed by atoms with Gasteiger partial charge in [-0.1, -0.05) is 19.0 Å². The van der Waals surface area contributed by atoms with Gasteiger partial charge in [0.2, 0.25) is 5.89 Å². The lowest BCUT2D eigenvalue weighted by Crippen LogP contribution is -2.35. The fourth-order valence-corrected chi connectivity index (χ4v) is 2.00. The normalized spacial score (nSPS) is 20.1. The van der Waals surface area contributed by atoms with E-state index in [4.69, 9.17) is 4.52 Å². The summed E-state index contributed by atoms with van der Waals surface area (Å²) in [5, 5.41) is 7.47. The number of aryl methyl sites for hydroxylation is 1. The van der Waals surface area contributed by atoms with Crippen molar-refractivity contribution in [2.75, 3.05) is 0 Å². The fourth-order valence-electron chi connectivity index (χ4n) is 2.00. The van der Waals surface area contributed by atoms with Gasteiger partial charge < -0.3 is 9.84 Å². The first-order valence-corrected chi connectivity index (χ1v) is 6.14. The van der Waals surface area contributed by atoms with Crippen molar-refractivity contribution in [1.29, 1.82) is 0 Å². The van der Waals surface area contributed by atoms with E-state index in [2.05, 4.69) is 36.2 Å². The van der Waals surface area contributed by atoms with Gasteiger partial charge in [0, 0.05) is 6.04 Å². The number of hydrogen-bond acceptors (Lipinski definition) is 4. The zero-order valence-electron chi connectivity index (χ0n) is 10.5. The molecule has 90 valence electrons. The van der Waals surface area contributed by atoms with Crippen LogP contribution in [0.3, 0.4) is 0 Å². The lowest BCUT2D eigenvalue weighted by atomic mass is 10.0. The molecule has 0 radical (unpaired) electrons. The summed E-state index contributed by atoms with van der Waals surface area (Å²) in [6.45, 7) is 8.46. The minimum atomic E-state index is 0.178. The van der Waals surface area contributed by atoms with E-state index in [0.717, 1.165) is 11.8 Å². The van der Waals surface area contributed by atoms with Crippen molar-refractivity contribution in [2.45, 2.75) is 52.6 Å². The highest BCUT2D eigenvalue weighted by Gasteiger charge is 2.32. The predicted molar refractivity (Wildman–Crippen MR) is 61.9 cm³/mol. The summed E-state index contributed by atoms with van der Waals surface area (Å²) in [5.41, 5.74) is 0. The summed E-state index contributed by atoms with van der Waals surface area (Å²) in [6, 6.07) is 0.719. The van der Waals surface area contributed by atoms with E-state index >= 15 is 0 Å². The van der Waals surface area contributed by atoms with Gasteiger partial charge in [0.25, 0.3) is 0 Å². The quantitative estimate of drug-likeness (QED) is 0.833. The van der Waals surface area contributed by atoms with Crippen molar-refractivity contribution < 1.29 is 4.52 Å². The van der Waals surface area contributed by atoms with E-state index < -0.39 is 0 Å². The molecular formula is C12H21N3O. The van der Waals surface area contributed by atoms with E-state index in [1.807, 2.05) is 6.92 Å². The Hall–Kier alpha value is -0.900. The molecule has 1 aromatic heterocycles. The summed E-state index contributed by atoms with van der Waals surface area (Å²) >= 11 is 0. The summed E-state index contributed by atoms with van der Waals surface area (Å²) in [6.07, 6.45) is 2.70. The second-order valence-corrected chi connectivity index (χ2v) is 5.19. The smallest absolute Gasteiger partial charge is 0.244 e. The Balaban J connectivity index is 2.04. The van der Waals surface area contributed by atoms with Crippen LogP contribution >= 0.6 is 0 Å². The molecule has 0 amide bonds. The summed E-state index contributed by atoms with van der Waals surface area (Å²) in [7, 11) is 0. The molecule has 4 heteroatoms. The van der Waals surface area contributed by atoms with Crippen LogP contribution in [0.2, 0.25) is 0 Å². The summed E-state index contributed by atoms with van der Waals surface area (Å²) in [5.74, 6) is 2.73. The van der Waals surface area contributed by atoms with Crippen molar-refractivity contribution in [3.63, 3.8) is 0 Å². The van der Waals surface area contributed by atoms with Crippen LogP contribution in [0.1, 0.15) is 51.4 Å². The van der Waals surface area contributed by atoms with E-state index in [-0.39, 0.29) is 6.04 Å². The van der Waals surface area contributed by atoms with E-state index in [9.17, 15) is 0 Å². The highest BCUT2D eigenvalue weighted by Crippen LogP contribution is 2.34. The largest absolute Gasteiger partial charge is 0.338 e. The molecule has 2 unspecified atom stereocenters. The Morgan fingerprint density at radius 1 is 1.31 bits per heavy atom. The van der Waals surface area contributed by atoms with Crippen LogP contribution in [-0.2, 0) is 0 Å². The van der Waals surface area contributed by atoms with Crippen LogP contribution in [0, 0.1) is 18.8 Å². The van der Waals surface area contributed by atoms with Crippen LogP contribution < -0.4 is 5.32 Å². The van der Waals surface area contributed by atoms with Gasteiger partial charge in [-0.15, -0.1) is 0 Å². The van der Waals surface area contributed by atoms with Gasteiger partial charge in [-0.2, -0.15) is 4.98 Å². The molecule has 2 atom stereocenters. The molecule has 4 nitrogen and oxygen atoms in total. The highest BCUT2D eigenvalue weighted by atomic mass is 16.5. The second-order valence-electron chi connectivity index (χ2n) is 5.19. The first kappa shape index (κ1) is 11.6. The number of nitrogens with zero attached hydrogens (tertiary/aromatic N) is 2. The Morgan fingerprint density at radius 3 is 2.44 bits per heavy atom. The van der Waals surface area contributed by atoms with Crippen molar-refractivity contribution in [1.82, 2.24) is 15.5 Å². The molecule has 1 fully saturated rings. The third-order valence-corrected chi connectivity index (χ3v) is 3.25. The van der Waals surface area contributed by atoms with Gasteiger partial charge in [0.05, 0.1) is 6.04 Å². The molecule has 1 aromatic rings. The molecular weight excluding hydrogens is 202 g/mol. The number of aromatic nitrogens is 2. The molecule has 1 aliphatic rings. The monoisotopic (exact) mass is 223 g/mol. The lowest BCUT2D eigenvalue weighted by Gasteiger charge is -2.23. The average Bonchev–Trinajstić information content (AvgIpc) is 2.98. The molecule has 1 aliphatic carbocycles. The molecule has 1 N–H and O–H groups in total. The first-order valence-electron chi connectivity index (χ1n) is 6.14. The number of nitrogens with one attached hydrogen (secondary N) is 1. The Bertz CT molecular complexity index is 344. The minimum Gasteiger partial charge on any atom is -0.338 e. The van der Waals surface area contributed by atoms with Gasteiger partial charge in [0.15, 0.2) is 5.82 Å². The maximum absolute atomic E-state index is 5.27.